The second-order valence-corrected chi connectivity index (χ2v) is 8.00. The topological polar surface area (TPSA) is 26.3 Å². The molecule has 0 heterocycles. The highest BCUT2D eigenvalue weighted by Crippen LogP contribution is 2.44. The van der Waals surface area contributed by atoms with E-state index in [4.69, 9.17) is 0 Å². The van der Waals surface area contributed by atoms with E-state index >= 15 is 0 Å². The van der Waals surface area contributed by atoms with Gasteiger partial charge < -0.3 is 4.74 Å². The summed E-state index contributed by atoms with van der Waals surface area (Å²) in [7, 11) is 0.690. The molecule has 3 heteroatoms. The Kier molecular flexibility index (Phi) is 3.21. The summed E-state index contributed by atoms with van der Waals surface area (Å²) in [5.74, 6) is -0.277. The van der Waals surface area contributed by atoms with Gasteiger partial charge in [0.15, 0.2) is 0 Å². The Labute approximate surface area is 86.6 Å². The summed E-state index contributed by atoms with van der Waals surface area (Å²) in [6, 6.07) is 7.64. The number of esters is 1. The van der Waals surface area contributed by atoms with E-state index in [1.165, 1.54) is 12.0 Å². The fourth-order valence-electron chi connectivity index (χ4n) is 1.12. The van der Waals surface area contributed by atoms with Crippen LogP contribution in [0.2, 0.25) is 0 Å². The standard InChI is InChI=1S/C11H16O2S/c1-13-11(12)9-5-7-10(8-6-9)14(2,3)4/h5-8H,1-4H3. The Balaban J connectivity index is 2.95. The molecule has 0 atom stereocenters. The fraction of sp³-hybridized carbons (Fsp3) is 0.364. The molecule has 1 aromatic carbocycles. The van der Waals surface area contributed by atoms with Gasteiger partial charge in [0.1, 0.15) is 0 Å². The number of ether oxygens (including phenoxy) is 1. The lowest BCUT2D eigenvalue weighted by Gasteiger charge is -2.25. The van der Waals surface area contributed by atoms with Crippen LogP contribution in [0.3, 0.4) is 0 Å². The molecule has 14 heavy (non-hydrogen) atoms. The van der Waals surface area contributed by atoms with Gasteiger partial charge in [-0.1, -0.05) is 0 Å². The minimum absolute atomic E-state index is 0.277. The third kappa shape index (κ3) is 2.51. The van der Waals surface area contributed by atoms with Gasteiger partial charge in [0.05, 0.1) is 12.7 Å². The lowest BCUT2D eigenvalue weighted by Crippen LogP contribution is -2.01. The zero-order valence-corrected chi connectivity index (χ0v) is 9.85. The van der Waals surface area contributed by atoms with Crippen molar-refractivity contribution in [2.45, 2.75) is 4.90 Å². The number of benzene rings is 1. The molecule has 0 spiro atoms. The SMILES string of the molecule is COC(=O)c1ccc(S(C)(C)C)cc1. The molecule has 0 amide bonds. The summed E-state index contributed by atoms with van der Waals surface area (Å²) in [4.78, 5) is 12.5. The van der Waals surface area contributed by atoms with Crippen LogP contribution in [0.5, 0.6) is 0 Å². The molecule has 0 aliphatic carbocycles. The van der Waals surface area contributed by atoms with Gasteiger partial charge in [-0.25, -0.2) is 14.8 Å². The van der Waals surface area contributed by atoms with Crippen LogP contribution < -0.4 is 0 Å². The lowest BCUT2D eigenvalue weighted by molar-refractivity contribution is 0.0600. The number of carbonyl (C=O) groups excluding carboxylic acids is 1. The van der Waals surface area contributed by atoms with Crippen molar-refractivity contribution in [1.82, 2.24) is 0 Å². The minimum Gasteiger partial charge on any atom is -0.465 e. The van der Waals surface area contributed by atoms with Crippen LogP contribution in [0.1, 0.15) is 10.4 Å². The summed E-state index contributed by atoms with van der Waals surface area (Å²) in [5, 5.41) is 0. The van der Waals surface area contributed by atoms with E-state index in [1.54, 1.807) is 0 Å². The Morgan fingerprint density at radius 2 is 1.64 bits per heavy atom. The zero-order chi connectivity index (χ0) is 10.8. The average molecular weight is 212 g/mol. The van der Waals surface area contributed by atoms with E-state index in [9.17, 15) is 4.79 Å². The number of methoxy groups -OCH3 is 1. The highest BCUT2D eigenvalue weighted by atomic mass is 32.3. The molecule has 0 unspecified atom stereocenters. The van der Waals surface area contributed by atoms with Gasteiger partial charge in [0.25, 0.3) is 0 Å². The van der Waals surface area contributed by atoms with Crippen LogP contribution in [0.25, 0.3) is 0 Å². The first-order chi connectivity index (χ1) is 6.45. The summed E-state index contributed by atoms with van der Waals surface area (Å²) in [5.41, 5.74) is 0.611. The summed E-state index contributed by atoms with van der Waals surface area (Å²) in [6.45, 7) is 0. The molecule has 78 valence electrons. The molecule has 1 rings (SSSR count). The van der Waals surface area contributed by atoms with Crippen molar-refractivity contribution in [2.24, 2.45) is 0 Å². The Morgan fingerprint density at radius 3 is 2.00 bits per heavy atom. The minimum atomic E-state index is -0.704. The van der Waals surface area contributed by atoms with Gasteiger partial charge in [-0.15, -0.1) is 0 Å². The molecule has 0 saturated heterocycles. The van der Waals surface area contributed by atoms with Crippen molar-refractivity contribution in [3.8, 4) is 0 Å². The van der Waals surface area contributed by atoms with E-state index in [-0.39, 0.29) is 5.97 Å². The van der Waals surface area contributed by atoms with Crippen LogP contribution in [0.4, 0.5) is 0 Å². The highest BCUT2D eigenvalue weighted by Gasteiger charge is 2.09. The van der Waals surface area contributed by atoms with Crippen LogP contribution in [0, 0.1) is 0 Å². The van der Waals surface area contributed by atoms with Crippen molar-refractivity contribution in [1.29, 1.82) is 0 Å². The van der Waals surface area contributed by atoms with Crippen LogP contribution >= 0.6 is 10.0 Å². The number of rotatable bonds is 2. The monoisotopic (exact) mass is 212 g/mol. The molecule has 0 saturated carbocycles. The molecule has 0 aromatic heterocycles. The van der Waals surface area contributed by atoms with E-state index < -0.39 is 10.0 Å². The Hall–Kier alpha value is -0.960. The van der Waals surface area contributed by atoms with Gasteiger partial charge in [0.2, 0.25) is 0 Å². The molecule has 0 bridgehead atoms. The predicted molar refractivity (Wildman–Crippen MR) is 61.4 cm³/mol. The zero-order valence-electron chi connectivity index (χ0n) is 9.03. The first-order valence-electron chi connectivity index (χ1n) is 4.32. The van der Waals surface area contributed by atoms with E-state index in [1.807, 2.05) is 24.3 Å². The van der Waals surface area contributed by atoms with Gasteiger partial charge in [0, 0.05) is 0 Å². The molecule has 0 fully saturated rings. The van der Waals surface area contributed by atoms with Gasteiger partial charge in [-0.05, 0) is 47.9 Å². The largest absolute Gasteiger partial charge is 0.465 e. The Morgan fingerprint density at radius 1 is 1.14 bits per heavy atom. The molecule has 0 aliphatic rings. The molecule has 1 aromatic rings. The quantitative estimate of drug-likeness (QED) is 0.704. The van der Waals surface area contributed by atoms with E-state index in [2.05, 4.69) is 23.5 Å². The molecular weight excluding hydrogens is 196 g/mol. The molecule has 0 aliphatic heterocycles. The van der Waals surface area contributed by atoms with Crippen molar-refractivity contribution < 1.29 is 9.53 Å². The van der Waals surface area contributed by atoms with Crippen LogP contribution in [0.15, 0.2) is 29.2 Å². The van der Waals surface area contributed by atoms with Crippen molar-refractivity contribution in [2.75, 3.05) is 25.9 Å². The second-order valence-electron chi connectivity index (χ2n) is 3.85. The molecule has 2 nitrogen and oxygen atoms in total. The first kappa shape index (κ1) is 11.1. The summed E-state index contributed by atoms with van der Waals surface area (Å²) >= 11 is 0. The predicted octanol–water partition coefficient (Wildman–Crippen LogP) is 2.53. The second kappa shape index (κ2) is 4.05. The van der Waals surface area contributed by atoms with Crippen molar-refractivity contribution in [3.05, 3.63) is 29.8 Å². The number of carbonyl (C=O) groups is 1. The molecular formula is C11H16O2S. The van der Waals surface area contributed by atoms with E-state index in [0.717, 1.165) is 0 Å². The number of hydrogen-bond donors (Lipinski definition) is 0. The van der Waals surface area contributed by atoms with Crippen LogP contribution in [-0.4, -0.2) is 31.8 Å². The van der Waals surface area contributed by atoms with Gasteiger partial charge >= 0.3 is 5.97 Å². The summed E-state index contributed by atoms with van der Waals surface area (Å²) in [6.07, 6.45) is 6.67. The van der Waals surface area contributed by atoms with Crippen molar-refractivity contribution in [3.63, 3.8) is 0 Å². The smallest absolute Gasteiger partial charge is 0.337 e. The third-order valence-electron chi connectivity index (χ3n) is 1.98. The summed E-state index contributed by atoms with van der Waals surface area (Å²) < 4.78 is 4.63. The van der Waals surface area contributed by atoms with E-state index in [0.29, 0.717) is 5.56 Å². The van der Waals surface area contributed by atoms with Crippen molar-refractivity contribution >= 4 is 16.0 Å². The van der Waals surface area contributed by atoms with Gasteiger partial charge in [-0.2, -0.15) is 0 Å². The van der Waals surface area contributed by atoms with Gasteiger partial charge in [-0.3, -0.25) is 0 Å². The maximum Gasteiger partial charge on any atom is 0.337 e. The maximum absolute atomic E-state index is 11.2. The normalized spacial score (nSPS) is 12.3. The third-order valence-corrected chi connectivity index (χ3v) is 3.67. The molecule has 0 radical (unpaired) electrons. The maximum atomic E-state index is 11.2. The Bertz CT molecular complexity index is 322. The van der Waals surface area contributed by atoms with Crippen LogP contribution in [-0.2, 0) is 4.74 Å². The average Bonchev–Trinajstić information content (AvgIpc) is 2.15. The molecule has 0 N–H and O–H groups in total. The fourth-order valence-corrected chi connectivity index (χ4v) is 2.07. The number of hydrogen-bond acceptors (Lipinski definition) is 2. The first-order valence-corrected chi connectivity index (χ1v) is 7.17. The lowest BCUT2D eigenvalue weighted by atomic mass is 10.2. The highest BCUT2D eigenvalue weighted by molar-refractivity contribution is 8.32.